The monoisotopic (exact) mass is 261 g/mol. The van der Waals surface area contributed by atoms with Crippen LogP contribution in [-0.4, -0.2) is 31.9 Å². The van der Waals surface area contributed by atoms with Gasteiger partial charge < -0.3 is 19.5 Å². The fourth-order valence-corrected chi connectivity index (χ4v) is 2.49. The molecule has 0 aromatic heterocycles. The molecule has 2 atom stereocenters. The molecule has 1 aromatic rings. The maximum Gasteiger partial charge on any atom is 0.161 e. The van der Waals surface area contributed by atoms with E-state index in [2.05, 4.69) is 18.3 Å². The predicted octanol–water partition coefficient (Wildman–Crippen LogP) is 2.11. The minimum Gasteiger partial charge on any atom is -0.496 e. The Morgan fingerprint density at radius 1 is 1.26 bits per heavy atom. The van der Waals surface area contributed by atoms with E-state index in [1.807, 2.05) is 24.3 Å². The highest BCUT2D eigenvalue weighted by atomic mass is 16.6. The Kier molecular flexibility index (Phi) is 3.60. The first-order valence-electron chi connectivity index (χ1n) is 6.83. The molecule has 2 aliphatic heterocycles. The topological polar surface area (TPSA) is 39.7 Å². The minimum absolute atomic E-state index is 0.0563. The summed E-state index contributed by atoms with van der Waals surface area (Å²) in [7, 11) is 0. The van der Waals surface area contributed by atoms with E-state index in [9.17, 15) is 0 Å². The zero-order valence-corrected chi connectivity index (χ0v) is 11.1. The maximum absolute atomic E-state index is 6.05. The molecule has 0 bridgehead atoms. The average Bonchev–Trinajstić information content (AvgIpc) is 2.98. The van der Waals surface area contributed by atoms with E-state index in [-0.39, 0.29) is 12.1 Å². The van der Waals surface area contributed by atoms with Crippen molar-refractivity contribution < 1.29 is 14.2 Å². The van der Waals surface area contributed by atoms with Gasteiger partial charge in [-0.05, 0) is 24.8 Å². The normalized spacial score (nSPS) is 22.6. The first-order chi connectivity index (χ1) is 9.38. The van der Waals surface area contributed by atoms with Crippen LogP contribution >= 0.6 is 0 Å². The van der Waals surface area contributed by atoms with Crippen molar-refractivity contribution in [3.63, 3.8) is 0 Å². The van der Waals surface area contributed by atoms with Crippen molar-refractivity contribution in [2.45, 2.75) is 25.5 Å². The molecule has 3 rings (SSSR count). The lowest BCUT2D eigenvalue weighted by atomic mass is 10.1. The van der Waals surface area contributed by atoms with Crippen molar-refractivity contribution in [2.75, 3.05) is 19.8 Å². The third kappa shape index (κ3) is 2.54. The van der Waals surface area contributed by atoms with Gasteiger partial charge in [0.25, 0.3) is 0 Å². The van der Waals surface area contributed by atoms with Gasteiger partial charge in [-0.2, -0.15) is 0 Å². The second-order valence-corrected chi connectivity index (χ2v) is 4.69. The molecule has 2 heterocycles. The molecule has 0 spiro atoms. The van der Waals surface area contributed by atoms with E-state index in [1.54, 1.807) is 0 Å². The summed E-state index contributed by atoms with van der Waals surface area (Å²) in [4.78, 5) is 0. The fourth-order valence-electron chi connectivity index (χ4n) is 2.49. The van der Waals surface area contributed by atoms with Crippen molar-refractivity contribution in [2.24, 2.45) is 0 Å². The summed E-state index contributed by atoms with van der Waals surface area (Å²) in [5.74, 6) is 2.60. The van der Waals surface area contributed by atoms with Crippen LogP contribution in [0, 0.1) is 0 Å². The van der Waals surface area contributed by atoms with Crippen LogP contribution in [0.4, 0.5) is 0 Å². The van der Waals surface area contributed by atoms with Crippen LogP contribution in [0.3, 0.4) is 0 Å². The first-order valence-corrected chi connectivity index (χ1v) is 6.83. The number of hydrogen-bond acceptors (Lipinski definition) is 4. The standard InChI is InChI=1S/C15H19NO3/c1-2-16-15(13-8-5-9-17-13)14-10-18-11-6-3-4-7-12(11)19-14/h3-4,6-8,14-16H,2,5,9-10H2,1H3. The van der Waals surface area contributed by atoms with Gasteiger partial charge >= 0.3 is 0 Å². The van der Waals surface area contributed by atoms with Crippen LogP contribution < -0.4 is 14.8 Å². The minimum atomic E-state index is -0.0563. The van der Waals surface area contributed by atoms with Crippen molar-refractivity contribution in [1.29, 1.82) is 0 Å². The molecule has 0 amide bonds. The van der Waals surface area contributed by atoms with Crippen LogP contribution in [0.25, 0.3) is 0 Å². The van der Waals surface area contributed by atoms with Gasteiger partial charge in [-0.1, -0.05) is 19.1 Å². The maximum atomic E-state index is 6.05. The van der Waals surface area contributed by atoms with Crippen molar-refractivity contribution in [3.05, 3.63) is 36.1 Å². The Labute approximate surface area is 113 Å². The number of rotatable bonds is 4. The molecule has 0 aliphatic carbocycles. The molecular weight excluding hydrogens is 242 g/mol. The van der Waals surface area contributed by atoms with Gasteiger partial charge in [-0.25, -0.2) is 0 Å². The third-order valence-corrected chi connectivity index (χ3v) is 3.37. The van der Waals surface area contributed by atoms with Crippen LogP contribution in [0.5, 0.6) is 11.5 Å². The average molecular weight is 261 g/mol. The van der Waals surface area contributed by atoms with Crippen LogP contribution in [0.2, 0.25) is 0 Å². The highest BCUT2D eigenvalue weighted by Gasteiger charge is 2.32. The summed E-state index contributed by atoms with van der Waals surface area (Å²) in [6, 6.07) is 7.83. The Morgan fingerprint density at radius 3 is 2.84 bits per heavy atom. The highest BCUT2D eigenvalue weighted by molar-refractivity contribution is 5.41. The summed E-state index contributed by atoms with van der Waals surface area (Å²) < 4.78 is 17.5. The van der Waals surface area contributed by atoms with Gasteiger partial charge in [-0.3, -0.25) is 0 Å². The van der Waals surface area contributed by atoms with Crippen LogP contribution in [-0.2, 0) is 4.74 Å². The lowest BCUT2D eigenvalue weighted by molar-refractivity contribution is 0.0541. The highest BCUT2D eigenvalue weighted by Crippen LogP contribution is 2.33. The van der Waals surface area contributed by atoms with Gasteiger partial charge in [0.15, 0.2) is 17.6 Å². The molecule has 2 unspecified atom stereocenters. The summed E-state index contributed by atoms with van der Waals surface area (Å²) in [6.45, 7) is 4.25. The number of ether oxygens (including phenoxy) is 3. The van der Waals surface area contributed by atoms with Crippen molar-refractivity contribution >= 4 is 0 Å². The molecule has 0 radical (unpaired) electrons. The second-order valence-electron chi connectivity index (χ2n) is 4.69. The molecule has 4 heteroatoms. The van der Waals surface area contributed by atoms with Gasteiger partial charge in [-0.15, -0.1) is 0 Å². The largest absolute Gasteiger partial charge is 0.496 e. The lowest BCUT2D eigenvalue weighted by Gasteiger charge is -2.32. The molecule has 4 nitrogen and oxygen atoms in total. The molecule has 0 saturated heterocycles. The van der Waals surface area contributed by atoms with E-state index < -0.39 is 0 Å². The first kappa shape index (κ1) is 12.4. The van der Waals surface area contributed by atoms with E-state index in [0.29, 0.717) is 6.61 Å². The SMILES string of the molecule is CCNC(C1=CCCO1)C1COc2ccccc2O1. The summed E-state index contributed by atoms with van der Waals surface area (Å²) >= 11 is 0. The number of likely N-dealkylation sites (N-methyl/N-ethyl adjacent to an activating group) is 1. The lowest BCUT2D eigenvalue weighted by Crippen LogP contribution is -2.49. The van der Waals surface area contributed by atoms with Crippen LogP contribution in [0.1, 0.15) is 13.3 Å². The number of fused-ring (bicyclic) bond motifs is 1. The zero-order chi connectivity index (χ0) is 13.1. The van der Waals surface area contributed by atoms with Gasteiger partial charge in [0.2, 0.25) is 0 Å². The number of para-hydroxylation sites is 2. The quantitative estimate of drug-likeness (QED) is 0.901. The summed E-state index contributed by atoms with van der Waals surface area (Å²) in [5, 5.41) is 3.43. The van der Waals surface area contributed by atoms with E-state index in [4.69, 9.17) is 14.2 Å². The van der Waals surface area contributed by atoms with Crippen molar-refractivity contribution in [3.8, 4) is 11.5 Å². The molecule has 2 aliphatic rings. The second kappa shape index (κ2) is 5.53. The summed E-state index contributed by atoms with van der Waals surface area (Å²) in [5.41, 5.74) is 0. The van der Waals surface area contributed by atoms with E-state index in [1.165, 1.54) is 0 Å². The number of benzene rings is 1. The molecule has 19 heavy (non-hydrogen) atoms. The number of nitrogens with one attached hydrogen (secondary N) is 1. The summed E-state index contributed by atoms with van der Waals surface area (Å²) in [6.07, 6.45) is 3.05. The van der Waals surface area contributed by atoms with Crippen molar-refractivity contribution in [1.82, 2.24) is 5.32 Å². The Bertz CT molecular complexity index is 472. The molecule has 0 saturated carbocycles. The Morgan fingerprint density at radius 2 is 2.11 bits per heavy atom. The molecule has 0 fully saturated rings. The van der Waals surface area contributed by atoms with Gasteiger partial charge in [0, 0.05) is 6.42 Å². The third-order valence-electron chi connectivity index (χ3n) is 3.37. The Hall–Kier alpha value is -1.68. The number of hydrogen-bond donors (Lipinski definition) is 1. The zero-order valence-electron chi connectivity index (χ0n) is 11.1. The molecule has 1 N–H and O–H groups in total. The van der Waals surface area contributed by atoms with E-state index >= 15 is 0 Å². The molecule has 102 valence electrons. The van der Waals surface area contributed by atoms with Crippen LogP contribution in [0.15, 0.2) is 36.1 Å². The Balaban J connectivity index is 1.77. The fraction of sp³-hybridized carbons (Fsp3) is 0.467. The smallest absolute Gasteiger partial charge is 0.161 e. The predicted molar refractivity (Wildman–Crippen MR) is 72.5 cm³/mol. The van der Waals surface area contributed by atoms with Gasteiger partial charge in [0.1, 0.15) is 18.4 Å². The van der Waals surface area contributed by atoms with Gasteiger partial charge in [0.05, 0.1) is 6.61 Å². The molecule has 1 aromatic carbocycles. The molecular formula is C15H19NO3. The van der Waals surface area contributed by atoms with E-state index in [0.717, 1.165) is 36.8 Å².